The molecular weight excluding hydrogens is 321 g/mol. The molecule has 0 unspecified atom stereocenters. The van der Waals surface area contributed by atoms with E-state index in [1.807, 2.05) is 18.2 Å². The molecule has 0 aliphatic heterocycles. The van der Waals surface area contributed by atoms with Gasteiger partial charge >= 0.3 is 0 Å². The van der Waals surface area contributed by atoms with Crippen molar-refractivity contribution < 1.29 is 31.4 Å². The fourth-order valence-corrected chi connectivity index (χ4v) is 2.05. The van der Waals surface area contributed by atoms with Crippen LogP contribution in [0, 0.1) is 5.82 Å². The normalized spacial score (nSPS) is 10.0. The molecule has 0 atom stereocenters. The predicted molar refractivity (Wildman–Crippen MR) is 82.5 cm³/mol. The molecule has 0 aliphatic carbocycles. The predicted octanol–water partition coefficient (Wildman–Crippen LogP) is -0.501. The van der Waals surface area contributed by atoms with Gasteiger partial charge in [-0.1, -0.05) is 18.2 Å². The molecule has 0 amide bonds. The van der Waals surface area contributed by atoms with Crippen molar-refractivity contribution in [3.63, 3.8) is 0 Å². The molecule has 0 radical (unpaired) electrons. The van der Waals surface area contributed by atoms with Gasteiger partial charge in [-0.15, -0.1) is 0 Å². The van der Waals surface area contributed by atoms with Crippen LogP contribution in [0.15, 0.2) is 42.5 Å². The number of aliphatic hydroxyl groups is 1. The van der Waals surface area contributed by atoms with Gasteiger partial charge in [-0.05, 0) is 35.4 Å². The van der Waals surface area contributed by atoms with Gasteiger partial charge in [0.05, 0.1) is 13.7 Å². The summed E-state index contributed by atoms with van der Waals surface area (Å²) in [5.41, 5.74) is 2.08. The summed E-state index contributed by atoms with van der Waals surface area (Å²) in [6, 6.07) is 12.1. The van der Waals surface area contributed by atoms with Crippen molar-refractivity contribution in [3.8, 4) is 11.5 Å². The molecule has 2 rings (SSSR count). The minimum Gasteiger partial charge on any atom is -1.00 e. The van der Waals surface area contributed by atoms with Gasteiger partial charge in [-0.2, -0.15) is 0 Å². The Morgan fingerprint density at radius 2 is 1.65 bits per heavy atom. The highest BCUT2D eigenvalue weighted by molar-refractivity contribution is 5.43. The summed E-state index contributed by atoms with van der Waals surface area (Å²) in [5, 5.41) is 12.1. The number of hydrogen-bond donors (Lipinski definition) is 2. The van der Waals surface area contributed by atoms with Crippen LogP contribution in [0.4, 0.5) is 4.39 Å². The summed E-state index contributed by atoms with van der Waals surface area (Å²) in [6.45, 7) is 1.52. The lowest BCUT2D eigenvalue weighted by Crippen LogP contribution is -3.00. The van der Waals surface area contributed by atoms with Crippen molar-refractivity contribution in [3.05, 3.63) is 59.4 Å². The molecule has 2 aromatic carbocycles. The van der Waals surface area contributed by atoms with E-state index in [9.17, 15) is 4.39 Å². The SMILES string of the molecule is COc1cc(CNCc2ccc(F)cc2)ccc1OCCO.[Cl-]. The first-order valence-corrected chi connectivity index (χ1v) is 7.08. The molecule has 2 aromatic rings. The van der Waals surface area contributed by atoms with Crippen molar-refractivity contribution in [2.45, 2.75) is 13.1 Å². The third kappa shape index (κ3) is 6.06. The first kappa shape index (κ1) is 19.2. The molecule has 0 saturated carbocycles. The van der Waals surface area contributed by atoms with E-state index in [4.69, 9.17) is 14.6 Å². The third-order valence-corrected chi connectivity index (χ3v) is 3.15. The van der Waals surface area contributed by atoms with Crippen molar-refractivity contribution in [2.24, 2.45) is 0 Å². The van der Waals surface area contributed by atoms with Crippen LogP contribution < -0.4 is 27.2 Å². The summed E-state index contributed by atoms with van der Waals surface area (Å²) in [4.78, 5) is 0. The zero-order valence-corrected chi connectivity index (χ0v) is 13.6. The lowest BCUT2D eigenvalue weighted by Gasteiger charge is -2.12. The van der Waals surface area contributed by atoms with Gasteiger partial charge in [-0.25, -0.2) is 4.39 Å². The Morgan fingerprint density at radius 3 is 2.30 bits per heavy atom. The number of methoxy groups -OCH3 is 1. The number of aliphatic hydroxyl groups excluding tert-OH is 1. The monoisotopic (exact) mass is 340 g/mol. The van der Waals surface area contributed by atoms with E-state index >= 15 is 0 Å². The largest absolute Gasteiger partial charge is 1.00 e. The van der Waals surface area contributed by atoms with Gasteiger partial charge in [-0.3, -0.25) is 0 Å². The smallest absolute Gasteiger partial charge is 0.161 e. The van der Waals surface area contributed by atoms with E-state index in [0.29, 0.717) is 24.6 Å². The highest BCUT2D eigenvalue weighted by Crippen LogP contribution is 2.27. The first-order chi connectivity index (χ1) is 10.7. The van der Waals surface area contributed by atoms with Gasteiger partial charge in [0.1, 0.15) is 12.4 Å². The summed E-state index contributed by atoms with van der Waals surface area (Å²) >= 11 is 0. The molecule has 6 heteroatoms. The Bertz CT molecular complexity index is 593. The fourth-order valence-electron chi connectivity index (χ4n) is 2.05. The maximum Gasteiger partial charge on any atom is 0.161 e. The van der Waals surface area contributed by atoms with Gasteiger partial charge in [0.2, 0.25) is 0 Å². The molecule has 0 saturated heterocycles. The van der Waals surface area contributed by atoms with Gasteiger partial charge in [0, 0.05) is 13.1 Å². The summed E-state index contributed by atoms with van der Waals surface area (Å²) < 4.78 is 23.5. The van der Waals surface area contributed by atoms with Gasteiger partial charge in [0.15, 0.2) is 11.5 Å². The Labute approximate surface area is 141 Å². The van der Waals surface area contributed by atoms with Crippen LogP contribution in [0.25, 0.3) is 0 Å². The summed E-state index contributed by atoms with van der Waals surface area (Å²) in [6.07, 6.45) is 0. The van der Waals surface area contributed by atoms with Crippen LogP contribution >= 0.6 is 0 Å². The van der Waals surface area contributed by atoms with Crippen LogP contribution in [0.1, 0.15) is 11.1 Å². The van der Waals surface area contributed by atoms with Crippen LogP contribution in [-0.4, -0.2) is 25.4 Å². The highest BCUT2D eigenvalue weighted by atomic mass is 35.5. The first-order valence-electron chi connectivity index (χ1n) is 7.08. The van der Waals surface area contributed by atoms with Crippen LogP contribution in [0.5, 0.6) is 11.5 Å². The lowest BCUT2D eigenvalue weighted by atomic mass is 10.2. The Hall–Kier alpha value is -1.82. The minimum atomic E-state index is -0.230. The van der Waals surface area contributed by atoms with Crippen molar-refractivity contribution in [1.29, 1.82) is 0 Å². The van der Waals surface area contributed by atoms with E-state index in [1.165, 1.54) is 12.1 Å². The second kappa shape index (κ2) is 10.0. The molecule has 0 fully saturated rings. The quantitative estimate of drug-likeness (QED) is 0.680. The number of hydrogen-bond acceptors (Lipinski definition) is 4. The molecule has 23 heavy (non-hydrogen) atoms. The Morgan fingerprint density at radius 1 is 1.00 bits per heavy atom. The molecule has 4 nitrogen and oxygen atoms in total. The number of halogens is 2. The third-order valence-electron chi connectivity index (χ3n) is 3.15. The van der Waals surface area contributed by atoms with Crippen molar-refractivity contribution in [2.75, 3.05) is 20.3 Å². The fraction of sp³-hybridized carbons (Fsp3) is 0.294. The van der Waals surface area contributed by atoms with E-state index in [2.05, 4.69) is 5.32 Å². The second-order valence-electron chi connectivity index (χ2n) is 4.79. The van der Waals surface area contributed by atoms with Gasteiger partial charge in [0.25, 0.3) is 0 Å². The molecule has 0 aliphatic rings. The average molecular weight is 341 g/mol. The molecule has 0 spiro atoms. The molecule has 126 valence electrons. The topological polar surface area (TPSA) is 50.7 Å². The van der Waals surface area contributed by atoms with Crippen LogP contribution in [0.2, 0.25) is 0 Å². The summed E-state index contributed by atoms with van der Waals surface area (Å²) in [7, 11) is 1.58. The average Bonchev–Trinajstić information content (AvgIpc) is 2.55. The van der Waals surface area contributed by atoms with Gasteiger partial charge < -0.3 is 32.3 Å². The Balaban J connectivity index is 0.00000264. The molecular formula is C17H20ClFNO3-. The lowest BCUT2D eigenvalue weighted by molar-refractivity contribution is -0.00000656. The minimum absolute atomic E-state index is 0. The molecule has 0 heterocycles. The number of rotatable bonds is 8. The highest BCUT2D eigenvalue weighted by Gasteiger charge is 2.05. The molecule has 0 bridgehead atoms. The second-order valence-corrected chi connectivity index (χ2v) is 4.79. The zero-order chi connectivity index (χ0) is 15.8. The standard InChI is InChI=1S/C17H20FNO3.ClH/c1-21-17-10-14(4-7-16(17)22-9-8-20)12-19-11-13-2-5-15(18)6-3-13;/h2-7,10,19-20H,8-9,11-12H2,1H3;1H/p-1. The van der Waals surface area contributed by atoms with Crippen LogP contribution in [-0.2, 0) is 13.1 Å². The number of nitrogens with one attached hydrogen (secondary N) is 1. The maximum atomic E-state index is 12.8. The maximum absolute atomic E-state index is 12.8. The summed E-state index contributed by atoms with van der Waals surface area (Å²) in [5.74, 6) is 1.01. The van der Waals surface area contributed by atoms with E-state index in [0.717, 1.165) is 11.1 Å². The van der Waals surface area contributed by atoms with E-state index in [1.54, 1.807) is 19.2 Å². The molecule has 2 N–H and O–H groups in total. The van der Waals surface area contributed by atoms with E-state index < -0.39 is 0 Å². The van der Waals surface area contributed by atoms with Crippen molar-refractivity contribution >= 4 is 0 Å². The van der Waals surface area contributed by atoms with Crippen molar-refractivity contribution in [1.82, 2.24) is 5.32 Å². The Kier molecular flexibility index (Phi) is 8.40. The molecule has 0 aromatic heterocycles. The number of ether oxygens (including phenoxy) is 2. The number of benzene rings is 2. The van der Waals surface area contributed by atoms with E-state index in [-0.39, 0.29) is 31.4 Å². The zero-order valence-electron chi connectivity index (χ0n) is 12.9. The van der Waals surface area contributed by atoms with Crippen LogP contribution in [0.3, 0.4) is 0 Å².